The van der Waals surface area contributed by atoms with Crippen molar-refractivity contribution in [2.45, 2.75) is 49.5 Å². The van der Waals surface area contributed by atoms with Gasteiger partial charge < -0.3 is 20.3 Å². The zero-order valence-corrected chi connectivity index (χ0v) is 24.6. The lowest BCUT2D eigenvalue weighted by Gasteiger charge is -2.48. The SMILES string of the molecule is NC(=O)C1(N2CCOCC2)CCN(CCCC2(c3ccc(Cl)c(Cl)c3)CCCN(C(=O)c3ccccc3)C2)CC1. The van der Waals surface area contributed by atoms with Crippen LogP contribution in [0.25, 0.3) is 0 Å². The maximum atomic E-state index is 13.4. The van der Waals surface area contributed by atoms with Crippen molar-refractivity contribution in [3.8, 4) is 0 Å². The highest BCUT2D eigenvalue weighted by atomic mass is 35.5. The predicted molar refractivity (Wildman–Crippen MR) is 159 cm³/mol. The van der Waals surface area contributed by atoms with Crippen LogP contribution < -0.4 is 5.73 Å². The highest BCUT2D eigenvalue weighted by Gasteiger charge is 2.45. The van der Waals surface area contributed by atoms with Gasteiger partial charge in [-0.05, 0) is 74.9 Å². The van der Waals surface area contributed by atoms with Crippen molar-refractivity contribution in [3.63, 3.8) is 0 Å². The Balaban J connectivity index is 1.27. The summed E-state index contributed by atoms with van der Waals surface area (Å²) in [5.74, 6) is -0.135. The van der Waals surface area contributed by atoms with E-state index in [9.17, 15) is 9.59 Å². The third-order valence-electron chi connectivity index (χ3n) is 9.30. The second kappa shape index (κ2) is 12.8. The first-order valence-electron chi connectivity index (χ1n) is 14.5. The van der Waals surface area contributed by atoms with Gasteiger partial charge >= 0.3 is 0 Å². The van der Waals surface area contributed by atoms with Crippen molar-refractivity contribution >= 4 is 35.0 Å². The number of piperidine rings is 2. The number of hydrogen-bond donors (Lipinski definition) is 1. The molecular formula is C31H40Cl2N4O3. The van der Waals surface area contributed by atoms with Gasteiger partial charge in [0, 0.05) is 50.2 Å². The van der Waals surface area contributed by atoms with Gasteiger partial charge in [-0.1, -0.05) is 47.5 Å². The molecule has 0 spiro atoms. The van der Waals surface area contributed by atoms with E-state index in [0.717, 1.165) is 88.9 Å². The first-order chi connectivity index (χ1) is 19.3. The van der Waals surface area contributed by atoms with E-state index >= 15 is 0 Å². The van der Waals surface area contributed by atoms with Crippen LogP contribution in [-0.4, -0.2) is 91.1 Å². The molecule has 0 radical (unpaired) electrons. The number of morpholine rings is 1. The minimum atomic E-state index is -0.566. The third-order valence-corrected chi connectivity index (χ3v) is 10.0. The molecule has 7 nitrogen and oxygen atoms in total. The van der Waals surface area contributed by atoms with Crippen molar-refractivity contribution < 1.29 is 14.3 Å². The summed E-state index contributed by atoms with van der Waals surface area (Å²) in [4.78, 5) is 32.7. The number of likely N-dealkylation sites (tertiary alicyclic amines) is 2. The molecule has 0 aromatic heterocycles. The molecule has 40 heavy (non-hydrogen) atoms. The number of benzene rings is 2. The van der Waals surface area contributed by atoms with Crippen LogP contribution in [0.2, 0.25) is 10.0 Å². The molecule has 3 aliphatic rings. The average Bonchev–Trinajstić information content (AvgIpc) is 2.99. The number of nitrogens with two attached hydrogens (primary N) is 1. The van der Waals surface area contributed by atoms with Crippen LogP contribution in [0, 0.1) is 0 Å². The molecule has 9 heteroatoms. The van der Waals surface area contributed by atoms with E-state index in [-0.39, 0.29) is 17.2 Å². The lowest BCUT2D eigenvalue weighted by Crippen LogP contribution is -2.64. The van der Waals surface area contributed by atoms with Crippen LogP contribution in [-0.2, 0) is 14.9 Å². The van der Waals surface area contributed by atoms with Crippen LogP contribution in [0.3, 0.4) is 0 Å². The Labute approximate surface area is 247 Å². The number of carbonyl (C=O) groups is 2. The fourth-order valence-corrected chi connectivity index (χ4v) is 7.27. The fourth-order valence-electron chi connectivity index (χ4n) is 6.98. The van der Waals surface area contributed by atoms with E-state index in [0.29, 0.717) is 29.8 Å². The smallest absolute Gasteiger partial charge is 0.253 e. The van der Waals surface area contributed by atoms with Gasteiger partial charge in [0.05, 0.1) is 23.3 Å². The molecule has 3 saturated heterocycles. The summed E-state index contributed by atoms with van der Waals surface area (Å²) in [5.41, 5.74) is 7.07. The quantitative estimate of drug-likeness (QED) is 0.489. The van der Waals surface area contributed by atoms with Gasteiger partial charge in [0.2, 0.25) is 5.91 Å². The van der Waals surface area contributed by atoms with Crippen molar-refractivity contribution in [1.29, 1.82) is 0 Å². The Morgan fingerprint density at radius 3 is 2.30 bits per heavy atom. The minimum Gasteiger partial charge on any atom is -0.379 e. The molecule has 1 unspecified atom stereocenters. The molecule has 216 valence electrons. The van der Waals surface area contributed by atoms with E-state index in [1.54, 1.807) is 0 Å². The molecule has 5 rings (SSSR count). The van der Waals surface area contributed by atoms with E-state index in [4.69, 9.17) is 33.7 Å². The lowest BCUT2D eigenvalue weighted by atomic mass is 9.70. The topological polar surface area (TPSA) is 79.1 Å². The molecule has 0 bridgehead atoms. The second-order valence-electron chi connectivity index (χ2n) is 11.5. The normalized spacial score (nSPS) is 24.1. The Bertz CT molecular complexity index is 1180. The first kappa shape index (κ1) is 29.3. The van der Waals surface area contributed by atoms with E-state index < -0.39 is 5.54 Å². The molecule has 3 aliphatic heterocycles. The monoisotopic (exact) mass is 586 g/mol. The largest absolute Gasteiger partial charge is 0.379 e. The number of rotatable bonds is 8. The molecule has 0 aliphatic carbocycles. The van der Waals surface area contributed by atoms with Gasteiger partial charge in [0.25, 0.3) is 5.91 Å². The van der Waals surface area contributed by atoms with Crippen LogP contribution >= 0.6 is 23.2 Å². The highest BCUT2D eigenvalue weighted by Crippen LogP contribution is 2.41. The summed E-state index contributed by atoms with van der Waals surface area (Å²) in [6.45, 7) is 6.85. The van der Waals surface area contributed by atoms with Crippen molar-refractivity contribution in [1.82, 2.24) is 14.7 Å². The summed E-state index contributed by atoms with van der Waals surface area (Å²) in [6.07, 6.45) is 5.34. The molecule has 2 N–H and O–H groups in total. The predicted octanol–water partition coefficient (Wildman–Crippen LogP) is 4.60. The Hall–Kier alpha value is -2.16. The van der Waals surface area contributed by atoms with Crippen molar-refractivity contribution in [2.75, 3.05) is 59.0 Å². The van der Waals surface area contributed by atoms with E-state index in [1.165, 1.54) is 0 Å². The zero-order valence-electron chi connectivity index (χ0n) is 23.1. The third kappa shape index (κ3) is 6.19. The van der Waals surface area contributed by atoms with E-state index in [2.05, 4.69) is 15.9 Å². The first-order valence-corrected chi connectivity index (χ1v) is 15.2. The minimum absolute atomic E-state index is 0.0756. The molecule has 3 heterocycles. The van der Waals surface area contributed by atoms with Crippen LogP contribution in [0.4, 0.5) is 0 Å². The summed E-state index contributed by atoms with van der Waals surface area (Å²) < 4.78 is 5.51. The summed E-state index contributed by atoms with van der Waals surface area (Å²) in [7, 11) is 0. The fraction of sp³-hybridized carbons (Fsp3) is 0.548. The van der Waals surface area contributed by atoms with Gasteiger partial charge in [-0.2, -0.15) is 0 Å². The van der Waals surface area contributed by atoms with Crippen LogP contribution in [0.5, 0.6) is 0 Å². The number of nitrogens with zero attached hydrogens (tertiary/aromatic N) is 3. The molecule has 3 fully saturated rings. The van der Waals surface area contributed by atoms with Crippen molar-refractivity contribution in [2.24, 2.45) is 5.73 Å². The summed E-state index contributed by atoms with van der Waals surface area (Å²) in [5, 5.41) is 1.09. The second-order valence-corrected chi connectivity index (χ2v) is 12.4. The van der Waals surface area contributed by atoms with Gasteiger partial charge in [-0.25, -0.2) is 0 Å². The Kier molecular flexibility index (Phi) is 9.38. The number of carbonyl (C=O) groups excluding carboxylic acids is 2. The number of primary amides is 1. The maximum Gasteiger partial charge on any atom is 0.253 e. The van der Waals surface area contributed by atoms with Gasteiger partial charge in [-0.3, -0.25) is 14.5 Å². The number of hydrogen-bond acceptors (Lipinski definition) is 5. The molecule has 0 saturated carbocycles. The standard InChI is InChI=1S/C31H40Cl2N4O3/c32-26-9-8-25(22-27(26)33)30(11-5-15-36(23-30)28(38)24-6-2-1-3-7-24)10-4-14-35-16-12-31(13-17-35,29(34)39)37-18-20-40-21-19-37/h1-3,6-9,22H,4-5,10-21,23H2,(H2,34,39). The van der Waals surface area contributed by atoms with Gasteiger partial charge in [0.1, 0.15) is 5.54 Å². The van der Waals surface area contributed by atoms with Gasteiger partial charge in [0.15, 0.2) is 0 Å². The number of ether oxygens (including phenoxy) is 1. The molecule has 1 atom stereocenters. The molecular weight excluding hydrogens is 547 g/mol. The Morgan fingerprint density at radius 2 is 1.62 bits per heavy atom. The van der Waals surface area contributed by atoms with Gasteiger partial charge in [-0.15, -0.1) is 0 Å². The van der Waals surface area contributed by atoms with Crippen LogP contribution in [0.1, 0.15) is 54.4 Å². The lowest BCUT2D eigenvalue weighted by molar-refractivity contribution is -0.138. The molecule has 2 amide bonds. The number of halogens is 2. The van der Waals surface area contributed by atoms with Crippen LogP contribution in [0.15, 0.2) is 48.5 Å². The number of amides is 2. The van der Waals surface area contributed by atoms with Crippen molar-refractivity contribution in [3.05, 3.63) is 69.7 Å². The zero-order chi connectivity index (χ0) is 28.2. The Morgan fingerprint density at radius 1 is 0.900 bits per heavy atom. The molecule has 2 aromatic rings. The average molecular weight is 588 g/mol. The summed E-state index contributed by atoms with van der Waals surface area (Å²) in [6, 6.07) is 15.5. The molecule has 2 aromatic carbocycles. The maximum absolute atomic E-state index is 13.4. The highest BCUT2D eigenvalue weighted by molar-refractivity contribution is 6.42. The van der Waals surface area contributed by atoms with E-state index in [1.807, 2.05) is 47.4 Å². The summed E-state index contributed by atoms with van der Waals surface area (Å²) >= 11 is 12.8.